The Morgan fingerprint density at radius 1 is 1.55 bits per heavy atom. The van der Waals surface area contributed by atoms with Gasteiger partial charge in [0.1, 0.15) is 6.67 Å². The highest BCUT2D eigenvalue weighted by molar-refractivity contribution is 5.90. The predicted octanol–water partition coefficient (Wildman–Crippen LogP) is 1.17. The maximum Gasteiger partial charge on any atom is 0.544 e. The number of carbonyl (C=O) groups is 1. The second-order valence-corrected chi connectivity index (χ2v) is 4.86. The Balaban J connectivity index is 2.16. The number of nitrogens with one attached hydrogen (secondary N) is 2. The topological polar surface area (TPSA) is 92.0 Å². The van der Waals surface area contributed by atoms with E-state index in [1.807, 2.05) is 6.08 Å². The molecule has 7 nitrogen and oxygen atoms in total. The third-order valence-corrected chi connectivity index (χ3v) is 3.31. The van der Waals surface area contributed by atoms with E-state index < -0.39 is 17.8 Å². The molecule has 1 aliphatic carbocycles. The molecule has 1 unspecified atom stereocenters. The number of amidine groups is 1. The molecule has 0 saturated carbocycles. The van der Waals surface area contributed by atoms with E-state index in [0.717, 1.165) is 0 Å². The van der Waals surface area contributed by atoms with Crippen LogP contribution in [-0.4, -0.2) is 36.5 Å². The van der Waals surface area contributed by atoms with Crippen LogP contribution >= 0.6 is 0 Å². The molecule has 0 fully saturated rings. The van der Waals surface area contributed by atoms with Crippen LogP contribution in [0.5, 0.6) is 0 Å². The molecule has 1 atom stereocenters. The smallest absolute Gasteiger partial charge is 0.352 e. The third-order valence-electron chi connectivity index (χ3n) is 3.31. The van der Waals surface area contributed by atoms with Gasteiger partial charge in [0.05, 0.1) is 5.41 Å². The molecule has 0 spiro atoms. The van der Waals surface area contributed by atoms with Gasteiger partial charge in [0.25, 0.3) is 0 Å². The molecule has 0 radical (unpaired) electrons. The van der Waals surface area contributed by atoms with Gasteiger partial charge in [-0.2, -0.15) is 9.94 Å². The lowest BCUT2D eigenvalue weighted by molar-refractivity contribution is -0.395. The van der Waals surface area contributed by atoms with Crippen LogP contribution in [0.1, 0.15) is 12.8 Å². The zero-order chi connectivity index (χ0) is 16.2. The monoisotopic (exact) mass is 319 g/mol. The number of primary amides is 1. The Hall–Kier alpha value is -2.23. The van der Waals surface area contributed by atoms with Gasteiger partial charge in [0.2, 0.25) is 0 Å². The second kappa shape index (κ2) is 6.26. The maximum atomic E-state index is 12.5. The summed E-state index contributed by atoms with van der Waals surface area (Å²) in [5, 5.41) is 7.04. The van der Waals surface area contributed by atoms with Crippen LogP contribution in [0.2, 0.25) is 0 Å². The molecule has 0 aromatic carbocycles. The van der Waals surface area contributed by atoms with E-state index in [2.05, 4.69) is 20.7 Å². The summed E-state index contributed by atoms with van der Waals surface area (Å²) in [6.07, 6.45) is 3.02. The number of carbonyl (C=O) groups excluding carboxylic acids is 1. The van der Waals surface area contributed by atoms with E-state index in [1.54, 1.807) is 18.2 Å². The lowest BCUT2D eigenvalue weighted by atomic mass is 9.77. The first kappa shape index (κ1) is 16.1. The predicted molar refractivity (Wildman–Crippen MR) is 71.9 cm³/mol. The van der Waals surface area contributed by atoms with Crippen molar-refractivity contribution in [2.75, 3.05) is 13.2 Å². The summed E-state index contributed by atoms with van der Waals surface area (Å²) in [5.41, 5.74) is 6.68. The lowest BCUT2D eigenvalue weighted by Crippen LogP contribution is -2.45. The Bertz CT molecular complexity index is 517. The fraction of sp³-hybridized carbons (Fsp3) is 0.500. The van der Waals surface area contributed by atoms with Crippen molar-refractivity contribution in [2.45, 2.75) is 19.2 Å². The zero-order valence-corrected chi connectivity index (χ0v) is 11.6. The Morgan fingerprint density at radius 2 is 2.32 bits per heavy atom. The quantitative estimate of drug-likeness (QED) is 0.709. The number of rotatable bonds is 5. The standard InChI is InChI=1S/C12H16F3N5O2/c13-12(14,15)22-20-8-18-19-9(20)11(4-2-1-3-5-11)6-7-17-10(16)21/h1-4,18H,5-8H2,(H3,16,17,21). The molecule has 2 amide bonds. The van der Waals surface area contributed by atoms with Crippen molar-refractivity contribution in [1.29, 1.82) is 0 Å². The molecule has 2 rings (SSSR count). The molecule has 10 heteroatoms. The molecular weight excluding hydrogens is 303 g/mol. The van der Waals surface area contributed by atoms with Gasteiger partial charge in [-0.15, -0.1) is 13.2 Å². The number of urea groups is 1. The van der Waals surface area contributed by atoms with Crippen LogP contribution in [0.3, 0.4) is 0 Å². The number of nitrogens with two attached hydrogens (primary N) is 1. The van der Waals surface area contributed by atoms with E-state index >= 15 is 0 Å². The van der Waals surface area contributed by atoms with Gasteiger partial charge >= 0.3 is 12.4 Å². The van der Waals surface area contributed by atoms with Crippen molar-refractivity contribution < 1.29 is 22.8 Å². The molecule has 1 heterocycles. The number of hydroxylamine groups is 2. The van der Waals surface area contributed by atoms with E-state index in [-0.39, 0.29) is 19.0 Å². The molecular formula is C12H16F3N5O2. The molecule has 2 aliphatic rings. The minimum absolute atomic E-state index is 0.108. The van der Waals surface area contributed by atoms with Crippen LogP contribution in [0, 0.1) is 5.41 Å². The Labute approximate surface area is 124 Å². The van der Waals surface area contributed by atoms with Gasteiger partial charge in [0.15, 0.2) is 5.84 Å². The van der Waals surface area contributed by atoms with Crippen molar-refractivity contribution in [3.63, 3.8) is 0 Å². The molecule has 0 saturated heterocycles. The number of hydrogen-bond donors (Lipinski definition) is 3. The van der Waals surface area contributed by atoms with Crippen LogP contribution in [0.4, 0.5) is 18.0 Å². The average Bonchev–Trinajstić information content (AvgIpc) is 2.86. The van der Waals surface area contributed by atoms with Crippen LogP contribution in [-0.2, 0) is 4.84 Å². The van der Waals surface area contributed by atoms with Gasteiger partial charge in [-0.1, -0.05) is 24.3 Å². The Kier molecular flexibility index (Phi) is 4.59. The number of hydrogen-bond acceptors (Lipinski definition) is 5. The van der Waals surface area contributed by atoms with Gasteiger partial charge in [0, 0.05) is 6.54 Å². The van der Waals surface area contributed by atoms with E-state index in [1.165, 1.54) is 0 Å². The number of nitrogens with zero attached hydrogens (tertiary/aromatic N) is 2. The number of allylic oxidation sites excluding steroid dienone is 3. The maximum absolute atomic E-state index is 12.5. The van der Waals surface area contributed by atoms with E-state index in [0.29, 0.717) is 17.9 Å². The first-order valence-electron chi connectivity index (χ1n) is 6.54. The zero-order valence-electron chi connectivity index (χ0n) is 11.6. The normalized spacial score (nSPS) is 24.1. The van der Waals surface area contributed by atoms with Gasteiger partial charge in [-0.3, -0.25) is 5.43 Å². The van der Waals surface area contributed by atoms with Crippen LogP contribution in [0.25, 0.3) is 0 Å². The fourth-order valence-corrected chi connectivity index (χ4v) is 2.40. The van der Waals surface area contributed by atoms with Crippen molar-refractivity contribution in [2.24, 2.45) is 16.3 Å². The lowest BCUT2D eigenvalue weighted by Gasteiger charge is -2.34. The summed E-state index contributed by atoms with van der Waals surface area (Å²) in [4.78, 5) is 14.8. The third kappa shape index (κ3) is 3.91. The highest BCUT2D eigenvalue weighted by Gasteiger charge is 2.44. The second-order valence-electron chi connectivity index (χ2n) is 4.86. The first-order valence-corrected chi connectivity index (χ1v) is 6.54. The summed E-state index contributed by atoms with van der Waals surface area (Å²) in [6, 6.07) is -0.694. The molecule has 0 aromatic rings. The Morgan fingerprint density at radius 3 is 2.91 bits per heavy atom. The van der Waals surface area contributed by atoms with Crippen LogP contribution in [0.15, 0.2) is 29.4 Å². The van der Waals surface area contributed by atoms with Gasteiger partial charge in [-0.25, -0.2) is 9.86 Å². The molecule has 0 aromatic heterocycles. The largest absolute Gasteiger partial charge is 0.544 e. The van der Waals surface area contributed by atoms with Gasteiger partial charge < -0.3 is 11.1 Å². The molecule has 122 valence electrons. The number of hydrazone groups is 1. The van der Waals surface area contributed by atoms with Gasteiger partial charge in [-0.05, 0) is 12.8 Å². The number of alkyl halides is 3. The van der Waals surface area contributed by atoms with Crippen molar-refractivity contribution in [3.05, 3.63) is 24.3 Å². The number of halogens is 3. The molecule has 4 N–H and O–H groups in total. The summed E-state index contributed by atoms with van der Waals surface area (Å²) < 4.78 is 37.4. The SMILES string of the molecule is NC(=O)NCCC1(C2=NNCN2OC(F)(F)F)C=CC=CC1. The van der Waals surface area contributed by atoms with Crippen molar-refractivity contribution in [3.8, 4) is 0 Å². The summed E-state index contributed by atoms with van der Waals surface area (Å²) in [5.74, 6) is 0.108. The highest BCUT2D eigenvalue weighted by Crippen LogP contribution is 2.36. The summed E-state index contributed by atoms with van der Waals surface area (Å²) in [6.45, 7) is -0.0101. The highest BCUT2D eigenvalue weighted by atomic mass is 19.4. The van der Waals surface area contributed by atoms with Crippen molar-refractivity contribution >= 4 is 11.9 Å². The first-order chi connectivity index (χ1) is 10.3. The molecule has 22 heavy (non-hydrogen) atoms. The molecule has 0 bridgehead atoms. The summed E-state index contributed by atoms with van der Waals surface area (Å²) in [7, 11) is 0. The fourth-order valence-electron chi connectivity index (χ4n) is 2.40. The van der Waals surface area contributed by atoms with E-state index in [9.17, 15) is 18.0 Å². The minimum atomic E-state index is -4.81. The minimum Gasteiger partial charge on any atom is -0.352 e. The van der Waals surface area contributed by atoms with Crippen LogP contribution < -0.4 is 16.5 Å². The van der Waals surface area contributed by atoms with Crippen molar-refractivity contribution in [1.82, 2.24) is 15.8 Å². The number of amides is 2. The molecule has 1 aliphatic heterocycles. The van der Waals surface area contributed by atoms with E-state index in [4.69, 9.17) is 5.73 Å². The average molecular weight is 319 g/mol. The summed E-state index contributed by atoms with van der Waals surface area (Å²) >= 11 is 0.